The summed E-state index contributed by atoms with van der Waals surface area (Å²) in [5.41, 5.74) is 0.978. The number of amides is 1. The summed E-state index contributed by atoms with van der Waals surface area (Å²) in [4.78, 5) is 10.7. The molecular formula is C13H20N2O2. The molecule has 0 spiro atoms. The Morgan fingerprint density at radius 1 is 1.24 bits per heavy atom. The number of benzene rings is 1. The second-order valence-electron chi connectivity index (χ2n) is 4.46. The Morgan fingerprint density at radius 2 is 1.88 bits per heavy atom. The second kappa shape index (κ2) is 6.91. The quantitative estimate of drug-likeness (QED) is 0.710. The Bertz CT molecular complexity index is 339. The molecule has 0 fully saturated rings. The third-order valence-corrected chi connectivity index (χ3v) is 2.40. The first-order chi connectivity index (χ1) is 8.09. The molecule has 1 rings (SSSR count). The van der Waals surface area contributed by atoms with E-state index in [1.165, 1.54) is 0 Å². The lowest BCUT2D eigenvalue weighted by Gasteiger charge is -2.18. The molecule has 4 nitrogen and oxygen atoms in total. The number of nitrogens with one attached hydrogen (secondary N) is 2. The van der Waals surface area contributed by atoms with Crippen LogP contribution in [-0.4, -0.2) is 24.3 Å². The van der Waals surface area contributed by atoms with Crippen molar-refractivity contribution in [2.45, 2.75) is 19.9 Å². The fourth-order valence-corrected chi connectivity index (χ4v) is 1.60. The van der Waals surface area contributed by atoms with Crippen LogP contribution in [0.1, 0.15) is 25.5 Å². The molecule has 0 aromatic heterocycles. The summed E-state index contributed by atoms with van der Waals surface area (Å²) in [5.74, 6) is 0.552. The molecule has 4 heteroatoms. The van der Waals surface area contributed by atoms with Gasteiger partial charge < -0.3 is 15.7 Å². The van der Waals surface area contributed by atoms with Crippen LogP contribution < -0.4 is 10.6 Å². The van der Waals surface area contributed by atoms with Crippen molar-refractivity contribution in [1.82, 2.24) is 10.6 Å². The van der Waals surface area contributed by atoms with E-state index in [-0.39, 0.29) is 6.04 Å². The molecule has 17 heavy (non-hydrogen) atoms. The van der Waals surface area contributed by atoms with Crippen molar-refractivity contribution in [2.24, 2.45) is 5.92 Å². The van der Waals surface area contributed by atoms with Gasteiger partial charge in [0.1, 0.15) is 0 Å². The average Bonchev–Trinajstić information content (AvgIpc) is 2.28. The Kier molecular flexibility index (Phi) is 5.49. The predicted octanol–water partition coefficient (Wildman–Crippen LogP) is 2.24. The maximum atomic E-state index is 10.7. The molecule has 94 valence electrons. The second-order valence-corrected chi connectivity index (χ2v) is 4.46. The van der Waals surface area contributed by atoms with Crippen molar-refractivity contribution in [3.05, 3.63) is 35.9 Å². The minimum atomic E-state index is -0.995. The van der Waals surface area contributed by atoms with E-state index in [9.17, 15) is 4.79 Å². The van der Waals surface area contributed by atoms with Crippen molar-refractivity contribution in [1.29, 1.82) is 0 Å². The van der Waals surface area contributed by atoms with Crippen LogP contribution in [0.25, 0.3) is 0 Å². The lowest BCUT2D eigenvalue weighted by Crippen LogP contribution is -2.35. The van der Waals surface area contributed by atoms with Crippen LogP contribution in [0.15, 0.2) is 30.3 Å². The number of hydrogen-bond acceptors (Lipinski definition) is 2. The van der Waals surface area contributed by atoms with Gasteiger partial charge in [0.25, 0.3) is 0 Å². The highest BCUT2D eigenvalue weighted by atomic mass is 16.4. The van der Waals surface area contributed by atoms with Gasteiger partial charge in [-0.3, -0.25) is 0 Å². The Hall–Kier alpha value is -1.55. The number of rotatable bonds is 6. The van der Waals surface area contributed by atoms with Crippen molar-refractivity contribution in [3.63, 3.8) is 0 Å². The summed E-state index contributed by atoms with van der Waals surface area (Å²) in [5, 5.41) is 14.6. The number of hydrogen-bond donors (Lipinski definition) is 3. The van der Waals surface area contributed by atoms with Gasteiger partial charge in [-0.2, -0.15) is 0 Å². The molecule has 0 aliphatic rings. The monoisotopic (exact) mass is 236 g/mol. The highest BCUT2D eigenvalue weighted by molar-refractivity contribution is 5.65. The molecule has 0 saturated heterocycles. The van der Waals surface area contributed by atoms with Gasteiger partial charge in [-0.05, 0) is 18.0 Å². The largest absolute Gasteiger partial charge is 0.465 e. The highest BCUT2D eigenvalue weighted by Gasteiger charge is 2.13. The predicted molar refractivity (Wildman–Crippen MR) is 68.1 cm³/mol. The Balaban J connectivity index is 2.58. The van der Waals surface area contributed by atoms with E-state index in [2.05, 4.69) is 24.5 Å². The molecule has 0 aliphatic carbocycles. The van der Waals surface area contributed by atoms with E-state index in [1.54, 1.807) is 0 Å². The Labute approximate surface area is 102 Å². The summed E-state index contributed by atoms with van der Waals surface area (Å²) < 4.78 is 0. The first-order valence-corrected chi connectivity index (χ1v) is 5.84. The van der Waals surface area contributed by atoms with Crippen LogP contribution in [0, 0.1) is 5.92 Å². The van der Waals surface area contributed by atoms with Gasteiger partial charge in [0.05, 0.1) is 6.04 Å². The normalized spacial score (nSPS) is 12.4. The molecule has 0 radical (unpaired) electrons. The van der Waals surface area contributed by atoms with E-state index >= 15 is 0 Å². The molecule has 0 aliphatic heterocycles. The van der Waals surface area contributed by atoms with Crippen molar-refractivity contribution in [2.75, 3.05) is 13.1 Å². The highest BCUT2D eigenvalue weighted by Crippen LogP contribution is 2.11. The summed E-state index contributed by atoms with van der Waals surface area (Å²) >= 11 is 0. The van der Waals surface area contributed by atoms with E-state index in [4.69, 9.17) is 5.11 Å². The van der Waals surface area contributed by atoms with Crippen LogP contribution >= 0.6 is 0 Å². The van der Waals surface area contributed by atoms with Crippen LogP contribution in [-0.2, 0) is 0 Å². The van der Waals surface area contributed by atoms with Gasteiger partial charge in [-0.1, -0.05) is 44.2 Å². The summed E-state index contributed by atoms with van der Waals surface area (Å²) in [6, 6.07) is 9.40. The van der Waals surface area contributed by atoms with Gasteiger partial charge >= 0.3 is 6.09 Å². The zero-order valence-electron chi connectivity index (χ0n) is 10.3. The smallest absolute Gasteiger partial charge is 0.405 e. The summed E-state index contributed by atoms with van der Waals surface area (Å²) in [7, 11) is 0. The average molecular weight is 236 g/mol. The van der Waals surface area contributed by atoms with Crippen LogP contribution in [0.5, 0.6) is 0 Å². The molecule has 1 atom stereocenters. The fraction of sp³-hybridized carbons (Fsp3) is 0.462. The molecule has 0 heterocycles. The van der Waals surface area contributed by atoms with E-state index in [1.807, 2.05) is 30.3 Å². The molecule has 1 aromatic rings. The SMILES string of the molecule is CC(C)CNC[C@H](NC(=O)O)c1ccccc1. The third-order valence-electron chi connectivity index (χ3n) is 2.40. The van der Waals surface area contributed by atoms with Crippen molar-refractivity contribution < 1.29 is 9.90 Å². The lowest BCUT2D eigenvalue weighted by molar-refractivity contribution is 0.189. The van der Waals surface area contributed by atoms with Gasteiger partial charge in [0, 0.05) is 6.54 Å². The van der Waals surface area contributed by atoms with Crippen LogP contribution in [0.3, 0.4) is 0 Å². The first-order valence-electron chi connectivity index (χ1n) is 5.84. The zero-order chi connectivity index (χ0) is 12.7. The molecular weight excluding hydrogens is 216 g/mol. The van der Waals surface area contributed by atoms with Gasteiger partial charge in [0.2, 0.25) is 0 Å². The minimum Gasteiger partial charge on any atom is -0.465 e. The van der Waals surface area contributed by atoms with E-state index in [0.717, 1.165) is 12.1 Å². The maximum absolute atomic E-state index is 10.7. The van der Waals surface area contributed by atoms with Crippen LogP contribution in [0.4, 0.5) is 4.79 Å². The minimum absolute atomic E-state index is 0.201. The van der Waals surface area contributed by atoms with Gasteiger partial charge in [-0.25, -0.2) is 4.79 Å². The van der Waals surface area contributed by atoms with E-state index < -0.39 is 6.09 Å². The first kappa shape index (κ1) is 13.5. The van der Waals surface area contributed by atoms with Gasteiger partial charge in [0.15, 0.2) is 0 Å². The molecule has 0 bridgehead atoms. The van der Waals surface area contributed by atoms with Crippen LogP contribution in [0.2, 0.25) is 0 Å². The molecule has 0 unspecified atom stereocenters. The number of carboxylic acid groups (broad SMARTS) is 1. The third kappa shape index (κ3) is 5.36. The molecule has 3 N–H and O–H groups in total. The molecule has 1 aromatic carbocycles. The topological polar surface area (TPSA) is 61.4 Å². The van der Waals surface area contributed by atoms with E-state index in [0.29, 0.717) is 12.5 Å². The standard InChI is InChI=1S/C13H20N2O2/c1-10(2)8-14-9-12(15-13(16)17)11-6-4-3-5-7-11/h3-7,10,12,14-15H,8-9H2,1-2H3,(H,16,17)/t12-/m0/s1. The zero-order valence-corrected chi connectivity index (χ0v) is 10.3. The Morgan fingerprint density at radius 3 is 2.41 bits per heavy atom. The number of carbonyl (C=O) groups is 1. The van der Waals surface area contributed by atoms with Gasteiger partial charge in [-0.15, -0.1) is 0 Å². The lowest BCUT2D eigenvalue weighted by atomic mass is 10.1. The maximum Gasteiger partial charge on any atom is 0.405 e. The summed E-state index contributed by atoms with van der Waals surface area (Å²) in [6.07, 6.45) is -0.995. The van der Waals surface area contributed by atoms with Crippen molar-refractivity contribution in [3.8, 4) is 0 Å². The molecule has 1 amide bonds. The summed E-state index contributed by atoms with van der Waals surface area (Å²) in [6.45, 7) is 5.73. The molecule has 0 saturated carbocycles. The fourth-order valence-electron chi connectivity index (χ4n) is 1.60. The van der Waals surface area contributed by atoms with Crippen molar-refractivity contribution >= 4 is 6.09 Å².